The number of anilines is 1. The highest BCUT2D eigenvalue weighted by atomic mass is 16.2. The maximum Gasteiger partial charge on any atom is 0.240 e. The van der Waals surface area contributed by atoms with Crippen molar-refractivity contribution < 1.29 is 14.4 Å². The number of nitrogens with zero attached hydrogens (tertiary/aromatic N) is 1. The van der Waals surface area contributed by atoms with Gasteiger partial charge in [-0.1, -0.05) is 18.2 Å². The average Bonchev–Trinajstić information content (AvgIpc) is 2.50. The van der Waals surface area contributed by atoms with Crippen LogP contribution in [0.3, 0.4) is 0 Å². The third-order valence-electron chi connectivity index (χ3n) is 3.45. The van der Waals surface area contributed by atoms with Gasteiger partial charge in [0, 0.05) is 32.1 Å². The molecule has 1 heterocycles. The average molecular weight is 289 g/mol. The van der Waals surface area contributed by atoms with E-state index in [-0.39, 0.29) is 37.2 Å². The number of benzene rings is 1. The molecule has 0 bridgehead atoms. The fraction of sp³-hybridized carbons (Fsp3) is 0.400. The topological polar surface area (TPSA) is 78.5 Å². The molecule has 0 fully saturated rings. The van der Waals surface area contributed by atoms with Crippen molar-refractivity contribution in [3.8, 4) is 0 Å². The summed E-state index contributed by atoms with van der Waals surface area (Å²) < 4.78 is 0. The molecule has 1 aromatic rings. The van der Waals surface area contributed by atoms with Gasteiger partial charge in [-0.3, -0.25) is 14.4 Å². The minimum absolute atomic E-state index is 0.0103. The van der Waals surface area contributed by atoms with Crippen molar-refractivity contribution in [2.75, 3.05) is 25.0 Å². The number of aryl methyl sites for hydroxylation is 1. The maximum absolute atomic E-state index is 12.0. The molecule has 1 aromatic carbocycles. The summed E-state index contributed by atoms with van der Waals surface area (Å²) in [6, 6.07) is 7.60. The van der Waals surface area contributed by atoms with E-state index in [1.807, 2.05) is 24.3 Å². The van der Waals surface area contributed by atoms with E-state index in [4.69, 9.17) is 0 Å². The zero-order valence-electron chi connectivity index (χ0n) is 12.0. The van der Waals surface area contributed by atoms with Crippen molar-refractivity contribution in [1.29, 1.82) is 0 Å². The Labute approximate surface area is 123 Å². The molecule has 0 atom stereocenters. The lowest BCUT2D eigenvalue weighted by Crippen LogP contribution is -2.43. The Morgan fingerprint density at radius 1 is 1.19 bits per heavy atom. The van der Waals surface area contributed by atoms with Crippen molar-refractivity contribution in [2.24, 2.45) is 0 Å². The summed E-state index contributed by atoms with van der Waals surface area (Å²) >= 11 is 0. The molecular formula is C15H19N3O3. The lowest BCUT2D eigenvalue weighted by molar-refractivity contribution is -0.124. The van der Waals surface area contributed by atoms with Crippen LogP contribution >= 0.6 is 0 Å². The Bertz CT molecular complexity index is 557. The first-order chi connectivity index (χ1) is 10.1. The van der Waals surface area contributed by atoms with Gasteiger partial charge >= 0.3 is 0 Å². The van der Waals surface area contributed by atoms with Crippen LogP contribution < -0.4 is 15.5 Å². The molecule has 0 spiro atoms. The lowest BCUT2D eigenvalue weighted by atomic mass is 10.0. The number of fused-ring (bicyclic) bond motifs is 1. The van der Waals surface area contributed by atoms with Gasteiger partial charge in [0.05, 0.1) is 0 Å². The van der Waals surface area contributed by atoms with Crippen LogP contribution in [0.4, 0.5) is 5.69 Å². The third kappa shape index (κ3) is 3.81. The van der Waals surface area contributed by atoms with E-state index in [1.165, 1.54) is 4.90 Å². The SMILES string of the molecule is CNC(=O)CCNC(=O)CN1C(=O)CCc2ccccc21. The van der Waals surface area contributed by atoms with Gasteiger partial charge in [-0.25, -0.2) is 0 Å². The first-order valence-corrected chi connectivity index (χ1v) is 6.97. The van der Waals surface area contributed by atoms with Gasteiger partial charge in [-0.15, -0.1) is 0 Å². The Balaban J connectivity index is 1.94. The van der Waals surface area contributed by atoms with Gasteiger partial charge in [0.25, 0.3) is 0 Å². The summed E-state index contributed by atoms with van der Waals surface area (Å²) in [6.07, 6.45) is 1.36. The predicted molar refractivity (Wildman–Crippen MR) is 78.8 cm³/mol. The smallest absolute Gasteiger partial charge is 0.240 e. The molecule has 0 radical (unpaired) electrons. The highest BCUT2D eigenvalue weighted by Crippen LogP contribution is 2.26. The van der Waals surface area contributed by atoms with Crippen LogP contribution in [0.15, 0.2) is 24.3 Å². The summed E-state index contributed by atoms with van der Waals surface area (Å²) in [5, 5.41) is 5.14. The second kappa shape index (κ2) is 6.88. The second-order valence-electron chi connectivity index (χ2n) is 4.88. The number of nitrogens with one attached hydrogen (secondary N) is 2. The lowest BCUT2D eigenvalue weighted by Gasteiger charge is -2.28. The summed E-state index contributed by atoms with van der Waals surface area (Å²) in [4.78, 5) is 36.5. The molecule has 0 unspecified atom stereocenters. The number of hydrogen-bond acceptors (Lipinski definition) is 3. The first-order valence-electron chi connectivity index (χ1n) is 6.97. The van der Waals surface area contributed by atoms with E-state index in [9.17, 15) is 14.4 Å². The van der Waals surface area contributed by atoms with Gasteiger partial charge in [-0.05, 0) is 18.1 Å². The Hall–Kier alpha value is -2.37. The van der Waals surface area contributed by atoms with Gasteiger partial charge in [-0.2, -0.15) is 0 Å². The quantitative estimate of drug-likeness (QED) is 0.814. The summed E-state index contributed by atoms with van der Waals surface area (Å²) in [6.45, 7) is 0.256. The van der Waals surface area contributed by atoms with E-state index in [2.05, 4.69) is 10.6 Å². The maximum atomic E-state index is 12.0. The number of rotatable bonds is 5. The summed E-state index contributed by atoms with van der Waals surface area (Å²) in [5.74, 6) is -0.436. The van der Waals surface area contributed by atoms with Crippen LogP contribution in [0.1, 0.15) is 18.4 Å². The highest BCUT2D eigenvalue weighted by Gasteiger charge is 2.25. The minimum atomic E-state index is -0.260. The van der Waals surface area contributed by atoms with E-state index in [0.29, 0.717) is 12.8 Å². The molecular weight excluding hydrogens is 270 g/mol. The molecule has 0 saturated carbocycles. The van der Waals surface area contributed by atoms with Crippen LogP contribution in [0.2, 0.25) is 0 Å². The molecule has 6 nitrogen and oxygen atoms in total. The highest BCUT2D eigenvalue weighted by molar-refractivity contribution is 6.01. The second-order valence-corrected chi connectivity index (χ2v) is 4.88. The molecule has 1 aliphatic heterocycles. The zero-order chi connectivity index (χ0) is 15.2. The molecule has 1 aliphatic rings. The number of para-hydroxylation sites is 1. The van der Waals surface area contributed by atoms with E-state index >= 15 is 0 Å². The fourth-order valence-corrected chi connectivity index (χ4v) is 2.31. The van der Waals surface area contributed by atoms with Crippen molar-refractivity contribution in [2.45, 2.75) is 19.3 Å². The molecule has 3 amide bonds. The monoisotopic (exact) mass is 289 g/mol. The van der Waals surface area contributed by atoms with Crippen LogP contribution in [0.25, 0.3) is 0 Å². The van der Waals surface area contributed by atoms with Gasteiger partial charge in [0.15, 0.2) is 0 Å². The first kappa shape index (κ1) is 15.0. The number of carbonyl (C=O) groups is 3. The Kier molecular flexibility index (Phi) is 4.92. The number of hydrogen-bond donors (Lipinski definition) is 2. The normalized spacial score (nSPS) is 13.6. The standard InChI is InChI=1S/C15H19N3O3/c1-16-13(19)8-9-17-14(20)10-18-12-5-3-2-4-11(12)6-7-15(18)21/h2-5H,6-10H2,1H3,(H,16,19)(H,17,20). The van der Waals surface area contributed by atoms with Crippen LogP contribution in [0.5, 0.6) is 0 Å². The van der Waals surface area contributed by atoms with E-state index in [0.717, 1.165) is 11.3 Å². The Morgan fingerprint density at radius 3 is 2.71 bits per heavy atom. The summed E-state index contributed by atoms with van der Waals surface area (Å²) in [5.41, 5.74) is 1.88. The Morgan fingerprint density at radius 2 is 1.95 bits per heavy atom. The number of carbonyl (C=O) groups excluding carboxylic acids is 3. The largest absolute Gasteiger partial charge is 0.359 e. The van der Waals surface area contributed by atoms with E-state index < -0.39 is 0 Å². The van der Waals surface area contributed by atoms with Crippen molar-refractivity contribution >= 4 is 23.4 Å². The molecule has 21 heavy (non-hydrogen) atoms. The fourth-order valence-electron chi connectivity index (χ4n) is 2.31. The van der Waals surface area contributed by atoms with Gasteiger partial charge < -0.3 is 15.5 Å². The third-order valence-corrected chi connectivity index (χ3v) is 3.45. The van der Waals surface area contributed by atoms with Crippen LogP contribution in [-0.2, 0) is 20.8 Å². The van der Waals surface area contributed by atoms with Crippen LogP contribution in [0, 0.1) is 0 Å². The van der Waals surface area contributed by atoms with Gasteiger partial charge in [0.2, 0.25) is 17.7 Å². The van der Waals surface area contributed by atoms with Gasteiger partial charge in [0.1, 0.15) is 6.54 Å². The predicted octanol–water partition coefficient (Wildman–Crippen LogP) is 0.218. The zero-order valence-corrected chi connectivity index (χ0v) is 12.0. The van der Waals surface area contributed by atoms with Crippen molar-refractivity contribution in [3.63, 3.8) is 0 Å². The van der Waals surface area contributed by atoms with Crippen molar-refractivity contribution in [1.82, 2.24) is 10.6 Å². The summed E-state index contributed by atoms with van der Waals surface area (Å²) in [7, 11) is 1.55. The molecule has 0 saturated heterocycles. The van der Waals surface area contributed by atoms with E-state index in [1.54, 1.807) is 7.05 Å². The van der Waals surface area contributed by atoms with Crippen molar-refractivity contribution in [3.05, 3.63) is 29.8 Å². The molecule has 6 heteroatoms. The minimum Gasteiger partial charge on any atom is -0.359 e. The molecule has 2 N–H and O–H groups in total. The number of amides is 3. The molecule has 112 valence electrons. The molecule has 0 aliphatic carbocycles. The molecule has 0 aromatic heterocycles. The van der Waals surface area contributed by atoms with Crippen LogP contribution in [-0.4, -0.2) is 37.9 Å². The molecule has 2 rings (SSSR count).